The maximum atomic E-state index is 11.6. The third kappa shape index (κ3) is 4.05. The fraction of sp³-hybridized carbons (Fsp3) is 0.250. The van der Waals surface area contributed by atoms with Crippen LogP contribution in [0.25, 0.3) is 22.2 Å². The van der Waals surface area contributed by atoms with E-state index in [9.17, 15) is 14.7 Å². The summed E-state index contributed by atoms with van der Waals surface area (Å²) in [4.78, 5) is 35.3. The van der Waals surface area contributed by atoms with Crippen LogP contribution in [0.5, 0.6) is 5.75 Å². The second kappa shape index (κ2) is 8.25. The van der Waals surface area contributed by atoms with Crippen LogP contribution in [0.15, 0.2) is 29.4 Å². The predicted molar refractivity (Wildman–Crippen MR) is 112 cm³/mol. The zero-order valence-electron chi connectivity index (χ0n) is 16.1. The topological polar surface area (TPSA) is 140 Å². The highest BCUT2D eigenvalue weighted by molar-refractivity contribution is 7.99. The van der Waals surface area contributed by atoms with Crippen LogP contribution in [0.1, 0.15) is 24.5 Å². The van der Waals surface area contributed by atoms with E-state index in [0.29, 0.717) is 29.7 Å². The lowest BCUT2D eigenvalue weighted by atomic mass is 9.93. The Morgan fingerprint density at radius 2 is 2.03 bits per heavy atom. The molecule has 0 aliphatic carbocycles. The molecule has 4 N–H and O–H groups in total. The summed E-state index contributed by atoms with van der Waals surface area (Å²) in [5.74, 6) is -0.122. The molecule has 4 rings (SSSR count). The number of amides is 2. The Morgan fingerprint density at radius 3 is 2.83 bits per heavy atom. The Kier molecular flexibility index (Phi) is 5.51. The second-order valence-electron chi connectivity index (χ2n) is 6.76. The number of nitrogens with zero attached hydrogens (tertiary/aromatic N) is 3. The van der Waals surface area contributed by atoms with Crippen LogP contribution in [0, 0.1) is 0 Å². The zero-order chi connectivity index (χ0) is 21.3. The molecule has 10 heteroatoms. The molecule has 9 nitrogen and oxygen atoms in total. The lowest BCUT2D eigenvalue weighted by Crippen LogP contribution is -2.28. The monoisotopic (exact) mass is 425 g/mol. The molecule has 0 saturated heterocycles. The van der Waals surface area contributed by atoms with E-state index in [1.807, 2.05) is 18.2 Å². The van der Waals surface area contributed by atoms with Crippen LogP contribution in [0.3, 0.4) is 0 Å². The van der Waals surface area contributed by atoms with Gasteiger partial charge >= 0.3 is 0 Å². The van der Waals surface area contributed by atoms with E-state index in [1.165, 1.54) is 18.7 Å². The number of nitrogen functional groups attached to an aromatic ring is 1. The number of aromatic nitrogens is 3. The van der Waals surface area contributed by atoms with Gasteiger partial charge in [-0.05, 0) is 28.0 Å². The highest BCUT2D eigenvalue weighted by atomic mass is 32.2. The summed E-state index contributed by atoms with van der Waals surface area (Å²) in [5.41, 5.74) is 8.29. The molecule has 0 saturated carbocycles. The third-order valence-corrected chi connectivity index (χ3v) is 5.40. The first-order valence-corrected chi connectivity index (χ1v) is 10.2. The van der Waals surface area contributed by atoms with Crippen LogP contribution in [0.2, 0.25) is 0 Å². The number of hydrogen-bond donors (Lipinski definition) is 3. The number of hydrogen-bond acceptors (Lipinski definition) is 9. The van der Waals surface area contributed by atoms with Crippen LogP contribution in [-0.4, -0.2) is 37.6 Å². The summed E-state index contributed by atoms with van der Waals surface area (Å²) in [7, 11) is 0. The quantitative estimate of drug-likeness (QED) is 0.524. The maximum Gasteiger partial charge on any atom is 0.227 e. The number of carbonyl (C=O) groups is 2. The highest BCUT2D eigenvalue weighted by Gasteiger charge is 2.21. The number of rotatable bonds is 5. The molecule has 1 aliphatic rings. The van der Waals surface area contributed by atoms with E-state index < -0.39 is 5.91 Å². The number of ether oxygens (including phenoxy) is 1. The minimum atomic E-state index is -0.402. The molecule has 0 spiro atoms. The lowest BCUT2D eigenvalue weighted by molar-refractivity contribution is -0.128. The predicted octanol–water partition coefficient (Wildman–Crippen LogP) is 2.15. The van der Waals surface area contributed by atoms with Crippen LogP contribution < -0.4 is 11.1 Å². The first kappa shape index (κ1) is 20.0. The van der Waals surface area contributed by atoms with Gasteiger partial charge in [-0.3, -0.25) is 14.9 Å². The Hall–Kier alpha value is -3.24. The molecule has 2 aromatic carbocycles. The molecule has 154 valence electrons. The number of aromatic hydroxyl groups is 1. The SMILES string of the molecule is CC(=O)NC(=O)CCSc1nc(N)nc(-c2c(O)cc3c4c(cccc24)COC3)n1. The molecule has 0 unspecified atom stereocenters. The van der Waals surface area contributed by atoms with E-state index in [1.54, 1.807) is 6.07 Å². The van der Waals surface area contributed by atoms with E-state index in [0.717, 1.165) is 21.9 Å². The van der Waals surface area contributed by atoms with Crippen molar-refractivity contribution in [3.05, 3.63) is 35.4 Å². The van der Waals surface area contributed by atoms with Gasteiger partial charge < -0.3 is 15.6 Å². The number of nitrogens with one attached hydrogen (secondary N) is 1. The number of phenols is 1. The van der Waals surface area contributed by atoms with Crippen molar-refractivity contribution in [2.24, 2.45) is 0 Å². The molecule has 2 amide bonds. The third-order valence-electron chi connectivity index (χ3n) is 4.55. The van der Waals surface area contributed by atoms with Gasteiger partial charge in [-0.1, -0.05) is 30.0 Å². The van der Waals surface area contributed by atoms with Crippen LogP contribution in [-0.2, 0) is 27.5 Å². The van der Waals surface area contributed by atoms with E-state index in [-0.39, 0.29) is 29.9 Å². The van der Waals surface area contributed by atoms with Crippen LogP contribution in [0.4, 0.5) is 5.95 Å². The standard InChI is InChI=1S/C20H19N5O4S/c1-10(26)22-15(28)5-6-30-20-24-18(23-19(21)25-20)17-13-4-2-3-11-8-29-9-12(16(11)13)7-14(17)27/h2-4,7,27H,5-6,8-9H2,1H3,(H,22,26,28)(H2,21,23,24,25). The average Bonchev–Trinajstić information content (AvgIpc) is 2.67. The minimum Gasteiger partial charge on any atom is -0.507 e. The van der Waals surface area contributed by atoms with Crippen molar-refractivity contribution < 1.29 is 19.4 Å². The van der Waals surface area contributed by atoms with E-state index in [2.05, 4.69) is 20.3 Å². The number of nitrogens with two attached hydrogens (primary N) is 1. The molecule has 0 radical (unpaired) electrons. The molecule has 1 aromatic heterocycles. The van der Waals surface area contributed by atoms with Crippen molar-refractivity contribution in [1.29, 1.82) is 0 Å². The molecular formula is C20H19N5O4S. The van der Waals surface area contributed by atoms with Crippen molar-refractivity contribution in [1.82, 2.24) is 20.3 Å². The number of carbonyl (C=O) groups excluding carboxylic acids is 2. The van der Waals surface area contributed by atoms with Crippen molar-refractivity contribution in [2.75, 3.05) is 11.5 Å². The fourth-order valence-corrected chi connectivity index (χ4v) is 4.20. The summed E-state index contributed by atoms with van der Waals surface area (Å²) in [6.45, 7) is 2.20. The first-order chi connectivity index (χ1) is 14.4. The molecular weight excluding hydrogens is 406 g/mol. The molecule has 3 aromatic rings. The van der Waals surface area contributed by atoms with Crippen molar-refractivity contribution in [2.45, 2.75) is 31.7 Å². The number of thioether (sulfide) groups is 1. The van der Waals surface area contributed by atoms with Crippen molar-refractivity contribution >= 4 is 40.3 Å². The molecule has 0 fully saturated rings. The van der Waals surface area contributed by atoms with Gasteiger partial charge in [0, 0.05) is 19.1 Å². The lowest BCUT2D eigenvalue weighted by Gasteiger charge is -2.20. The number of benzene rings is 2. The van der Waals surface area contributed by atoms with Crippen molar-refractivity contribution in [3.63, 3.8) is 0 Å². The maximum absolute atomic E-state index is 11.6. The highest BCUT2D eigenvalue weighted by Crippen LogP contribution is 2.40. The minimum absolute atomic E-state index is 0.0129. The molecule has 1 aliphatic heterocycles. The smallest absolute Gasteiger partial charge is 0.227 e. The summed E-state index contributed by atoms with van der Waals surface area (Å²) in [5, 5.41) is 15.1. The van der Waals surface area contributed by atoms with E-state index in [4.69, 9.17) is 10.5 Å². The molecule has 2 heterocycles. The number of imide groups is 1. The average molecular weight is 425 g/mol. The van der Waals surface area contributed by atoms with E-state index >= 15 is 0 Å². The normalized spacial score (nSPS) is 12.7. The van der Waals surface area contributed by atoms with Gasteiger partial charge in [-0.2, -0.15) is 9.97 Å². The van der Waals surface area contributed by atoms with Gasteiger partial charge in [0.15, 0.2) is 11.0 Å². The van der Waals surface area contributed by atoms with Gasteiger partial charge in [0.2, 0.25) is 17.8 Å². The van der Waals surface area contributed by atoms with Gasteiger partial charge in [0.05, 0.1) is 18.8 Å². The Morgan fingerprint density at radius 1 is 1.23 bits per heavy atom. The number of anilines is 1. The fourth-order valence-electron chi connectivity index (χ4n) is 3.42. The summed E-state index contributed by atoms with van der Waals surface area (Å²) < 4.78 is 5.58. The van der Waals surface area contributed by atoms with Crippen molar-refractivity contribution in [3.8, 4) is 17.1 Å². The molecule has 30 heavy (non-hydrogen) atoms. The largest absolute Gasteiger partial charge is 0.507 e. The first-order valence-electron chi connectivity index (χ1n) is 9.21. The summed E-state index contributed by atoms with van der Waals surface area (Å²) in [6.07, 6.45) is 0.122. The summed E-state index contributed by atoms with van der Waals surface area (Å²) in [6, 6.07) is 7.45. The molecule has 0 atom stereocenters. The number of phenolic OH excluding ortho intramolecular Hbond substituents is 1. The van der Waals surface area contributed by atoms with Gasteiger partial charge in [0.25, 0.3) is 0 Å². The second-order valence-corrected chi connectivity index (χ2v) is 7.83. The Labute approximate surface area is 176 Å². The van der Waals surface area contributed by atoms with Gasteiger partial charge in [0.1, 0.15) is 5.75 Å². The van der Waals surface area contributed by atoms with Crippen LogP contribution >= 0.6 is 11.8 Å². The Bertz CT molecular complexity index is 1170. The van der Waals surface area contributed by atoms with Gasteiger partial charge in [-0.25, -0.2) is 4.98 Å². The molecule has 0 bridgehead atoms. The van der Waals surface area contributed by atoms with Gasteiger partial charge in [-0.15, -0.1) is 0 Å². The zero-order valence-corrected chi connectivity index (χ0v) is 17.0. The Balaban J connectivity index is 1.68. The summed E-state index contributed by atoms with van der Waals surface area (Å²) >= 11 is 1.22.